The van der Waals surface area contributed by atoms with Crippen molar-refractivity contribution in [1.29, 1.82) is 0 Å². The van der Waals surface area contributed by atoms with Gasteiger partial charge in [0.15, 0.2) is 0 Å². The Morgan fingerprint density at radius 2 is 1.83 bits per heavy atom. The first-order valence-electron chi connectivity index (χ1n) is 10.2. The summed E-state index contributed by atoms with van der Waals surface area (Å²) in [6, 6.07) is 20.4. The largest absolute Gasteiger partial charge is 0.457 e. The third-order valence-electron chi connectivity index (χ3n) is 5.31. The van der Waals surface area contributed by atoms with Gasteiger partial charge in [0.2, 0.25) is 0 Å². The van der Waals surface area contributed by atoms with Crippen molar-refractivity contribution >= 4 is 11.6 Å². The molecule has 1 aliphatic rings. The van der Waals surface area contributed by atoms with Crippen LogP contribution in [0.15, 0.2) is 73.1 Å². The fraction of sp³-hybridized carbons (Fsp3) is 0.240. The van der Waals surface area contributed by atoms with Crippen LogP contribution in [0.4, 0.5) is 5.69 Å². The van der Waals surface area contributed by atoms with E-state index in [1.54, 1.807) is 6.92 Å². The average Bonchev–Trinajstić information content (AvgIpc) is 3.30. The van der Waals surface area contributed by atoms with E-state index in [4.69, 9.17) is 4.74 Å². The van der Waals surface area contributed by atoms with Gasteiger partial charge in [0.1, 0.15) is 11.5 Å². The molecule has 1 aliphatic heterocycles. The standard InChI is InChI=1S/C25H25N3O2/c1-2-6-25(29)27-20-11-14-24(28(18-20)21-15-16-26-17-21)19-9-12-23(13-10-19)30-22-7-4-3-5-8-22/h3-5,7-10,12-13,15-17,20,24,26H,11,14,18H2,1H3,(H,27,29)/t20-,24?/m1/s1. The van der Waals surface area contributed by atoms with Gasteiger partial charge >= 0.3 is 0 Å². The predicted octanol–water partition coefficient (Wildman–Crippen LogP) is 4.66. The van der Waals surface area contributed by atoms with Gasteiger partial charge in [-0.3, -0.25) is 4.79 Å². The molecule has 5 heteroatoms. The number of rotatable bonds is 5. The summed E-state index contributed by atoms with van der Waals surface area (Å²) < 4.78 is 5.92. The van der Waals surface area contributed by atoms with Crippen LogP contribution in [-0.2, 0) is 4.79 Å². The highest BCUT2D eigenvalue weighted by Crippen LogP contribution is 2.36. The number of benzene rings is 2. The topological polar surface area (TPSA) is 57.4 Å². The van der Waals surface area contributed by atoms with E-state index >= 15 is 0 Å². The molecule has 152 valence electrons. The minimum Gasteiger partial charge on any atom is -0.457 e. The molecule has 0 bridgehead atoms. The number of H-pyrrole nitrogens is 1. The maximum absolute atomic E-state index is 11.9. The molecule has 3 aromatic rings. The second kappa shape index (κ2) is 9.23. The van der Waals surface area contributed by atoms with Gasteiger partial charge in [-0.25, -0.2) is 0 Å². The lowest BCUT2D eigenvalue weighted by Gasteiger charge is -2.41. The van der Waals surface area contributed by atoms with E-state index in [9.17, 15) is 4.79 Å². The van der Waals surface area contributed by atoms with E-state index in [2.05, 4.69) is 45.2 Å². The number of ether oxygens (including phenoxy) is 1. The van der Waals surface area contributed by atoms with E-state index in [1.807, 2.05) is 54.9 Å². The zero-order valence-electron chi connectivity index (χ0n) is 17.0. The highest BCUT2D eigenvalue weighted by Gasteiger charge is 2.30. The second-order valence-electron chi connectivity index (χ2n) is 7.34. The summed E-state index contributed by atoms with van der Waals surface area (Å²) in [5.74, 6) is 6.66. The van der Waals surface area contributed by atoms with Crippen molar-refractivity contribution in [3.8, 4) is 23.3 Å². The number of aromatic nitrogens is 1. The van der Waals surface area contributed by atoms with Crippen molar-refractivity contribution in [2.75, 3.05) is 11.4 Å². The molecule has 1 unspecified atom stereocenters. The molecule has 4 rings (SSSR count). The van der Waals surface area contributed by atoms with Gasteiger partial charge in [-0.1, -0.05) is 36.3 Å². The molecule has 2 atom stereocenters. The van der Waals surface area contributed by atoms with Crippen LogP contribution >= 0.6 is 0 Å². The first kappa shape index (κ1) is 19.7. The fourth-order valence-electron chi connectivity index (χ4n) is 3.93. The summed E-state index contributed by atoms with van der Waals surface area (Å²) in [5, 5.41) is 3.04. The number of carbonyl (C=O) groups is 1. The number of para-hydroxylation sites is 1. The lowest BCUT2D eigenvalue weighted by molar-refractivity contribution is -0.116. The molecule has 1 fully saturated rings. The van der Waals surface area contributed by atoms with Crippen LogP contribution in [0, 0.1) is 11.8 Å². The summed E-state index contributed by atoms with van der Waals surface area (Å²) in [4.78, 5) is 17.4. The second-order valence-corrected chi connectivity index (χ2v) is 7.34. The van der Waals surface area contributed by atoms with Crippen molar-refractivity contribution in [2.45, 2.75) is 31.8 Å². The molecule has 1 amide bonds. The molecule has 0 spiro atoms. The molecule has 2 aromatic carbocycles. The molecule has 5 nitrogen and oxygen atoms in total. The summed E-state index contributed by atoms with van der Waals surface area (Å²) in [6.07, 6.45) is 5.77. The molecular formula is C25H25N3O2. The molecule has 30 heavy (non-hydrogen) atoms. The molecule has 0 aliphatic carbocycles. The van der Waals surface area contributed by atoms with Crippen molar-refractivity contribution in [3.63, 3.8) is 0 Å². The van der Waals surface area contributed by atoms with Crippen molar-refractivity contribution in [3.05, 3.63) is 78.6 Å². The van der Waals surface area contributed by atoms with Crippen LogP contribution in [0.5, 0.6) is 11.5 Å². The summed E-state index contributed by atoms with van der Waals surface area (Å²) in [7, 11) is 0. The third-order valence-corrected chi connectivity index (χ3v) is 5.31. The van der Waals surface area contributed by atoms with Crippen LogP contribution in [0.1, 0.15) is 31.4 Å². The Balaban J connectivity index is 1.50. The minimum atomic E-state index is -0.211. The van der Waals surface area contributed by atoms with Crippen LogP contribution in [-0.4, -0.2) is 23.5 Å². The van der Waals surface area contributed by atoms with Crippen LogP contribution in [0.3, 0.4) is 0 Å². The predicted molar refractivity (Wildman–Crippen MR) is 118 cm³/mol. The van der Waals surface area contributed by atoms with Crippen molar-refractivity contribution in [1.82, 2.24) is 10.3 Å². The van der Waals surface area contributed by atoms with E-state index in [-0.39, 0.29) is 18.0 Å². The fourth-order valence-corrected chi connectivity index (χ4v) is 3.93. The molecule has 1 saturated heterocycles. The monoisotopic (exact) mass is 399 g/mol. The Morgan fingerprint density at radius 3 is 2.53 bits per heavy atom. The zero-order chi connectivity index (χ0) is 20.8. The van der Waals surface area contributed by atoms with Gasteiger partial charge in [0.25, 0.3) is 5.91 Å². The Morgan fingerprint density at radius 1 is 1.07 bits per heavy atom. The maximum Gasteiger partial charge on any atom is 0.296 e. The van der Waals surface area contributed by atoms with E-state index < -0.39 is 0 Å². The van der Waals surface area contributed by atoms with E-state index in [1.165, 1.54) is 5.56 Å². The Kier molecular flexibility index (Phi) is 6.05. The average molecular weight is 399 g/mol. The summed E-state index contributed by atoms with van der Waals surface area (Å²) >= 11 is 0. The quantitative estimate of drug-likeness (QED) is 0.614. The van der Waals surface area contributed by atoms with Gasteiger partial charge in [-0.15, -0.1) is 0 Å². The van der Waals surface area contributed by atoms with Crippen LogP contribution in [0.25, 0.3) is 0 Å². The number of hydrogen-bond donors (Lipinski definition) is 2. The summed E-state index contributed by atoms with van der Waals surface area (Å²) in [5.41, 5.74) is 2.35. The smallest absolute Gasteiger partial charge is 0.296 e. The lowest BCUT2D eigenvalue weighted by Crippen LogP contribution is -2.48. The number of amides is 1. The number of nitrogens with zero attached hydrogens (tertiary/aromatic N) is 1. The SMILES string of the molecule is CC#CC(=O)N[C@@H]1CCC(c2ccc(Oc3ccccc3)cc2)N(c2cc[nH]c2)C1. The maximum atomic E-state index is 11.9. The van der Waals surface area contributed by atoms with Crippen molar-refractivity contribution in [2.24, 2.45) is 0 Å². The number of nitrogens with one attached hydrogen (secondary N) is 2. The Hall–Kier alpha value is -3.65. The zero-order valence-corrected chi connectivity index (χ0v) is 17.0. The van der Waals surface area contributed by atoms with Crippen LogP contribution in [0.2, 0.25) is 0 Å². The Labute approximate surface area is 177 Å². The van der Waals surface area contributed by atoms with Gasteiger partial charge in [-0.05, 0) is 61.6 Å². The molecule has 2 N–H and O–H groups in total. The summed E-state index contributed by atoms with van der Waals surface area (Å²) in [6.45, 7) is 2.41. The van der Waals surface area contributed by atoms with Crippen LogP contribution < -0.4 is 15.0 Å². The number of anilines is 1. The molecule has 0 radical (unpaired) electrons. The van der Waals surface area contributed by atoms with E-state index in [0.717, 1.165) is 36.6 Å². The number of carbonyl (C=O) groups excluding carboxylic acids is 1. The molecule has 1 aromatic heterocycles. The first-order chi connectivity index (χ1) is 14.7. The Bertz CT molecular complexity index is 1020. The number of piperidine rings is 1. The highest BCUT2D eigenvalue weighted by atomic mass is 16.5. The third kappa shape index (κ3) is 4.66. The molecule has 2 heterocycles. The van der Waals surface area contributed by atoms with Gasteiger partial charge < -0.3 is 19.9 Å². The number of hydrogen-bond acceptors (Lipinski definition) is 3. The first-order valence-corrected chi connectivity index (χ1v) is 10.2. The highest BCUT2D eigenvalue weighted by molar-refractivity contribution is 5.93. The van der Waals surface area contributed by atoms with E-state index in [0.29, 0.717) is 0 Å². The molecule has 0 saturated carbocycles. The normalized spacial score (nSPS) is 18.2. The minimum absolute atomic E-state index is 0.0742. The van der Waals surface area contributed by atoms with Gasteiger partial charge in [0.05, 0.1) is 11.7 Å². The number of aromatic amines is 1. The van der Waals surface area contributed by atoms with Crippen molar-refractivity contribution < 1.29 is 9.53 Å². The van der Waals surface area contributed by atoms with Gasteiger partial charge in [0, 0.05) is 25.0 Å². The van der Waals surface area contributed by atoms with Gasteiger partial charge in [-0.2, -0.15) is 0 Å². The lowest BCUT2D eigenvalue weighted by atomic mass is 9.92. The molecular weight excluding hydrogens is 374 g/mol.